The first-order chi connectivity index (χ1) is 22.2. The van der Waals surface area contributed by atoms with Crippen LogP contribution in [0.4, 0.5) is 4.79 Å². The number of phenols is 1. The van der Waals surface area contributed by atoms with E-state index in [1.165, 1.54) is 23.9 Å². The SMILES string of the molecule is CSCC[C@@H](NC(=O)[C@@H](Cc1ccccc1)NC(=O)CNC(=O)CNC(=O)[C@@H](Cc1ccc(O)cc1)NC(=O)OC(C)(C)C)C(=O)O. The predicted molar refractivity (Wildman–Crippen MR) is 176 cm³/mol. The van der Waals surface area contributed by atoms with Gasteiger partial charge in [-0.3, -0.25) is 19.2 Å². The number of carbonyl (C=O) groups is 6. The summed E-state index contributed by atoms with van der Waals surface area (Å²) >= 11 is 1.43. The first kappa shape index (κ1) is 38.4. The predicted octanol–water partition coefficient (Wildman–Crippen LogP) is 1.11. The molecule has 0 radical (unpaired) electrons. The van der Waals surface area contributed by atoms with Crippen LogP contribution in [0, 0.1) is 0 Å². The lowest BCUT2D eigenvalue weighted by Gasteiger charge is -2.23. The van der Waals surface area contributed by atoms with Crippen LogP contribution < -0.4 is 26.6 Å². The topological polar surface area (TPSA) is 212 Å². The van der Waals surface area contributed by atoms with Crippen LogP contribution in [0.2, 0.25) is 0 Å². The van der Waals surface area contributed by atoms with Crippen molar-refractivity contribution in [2.75, 3.05) is 25.1 Å². The Bertz CT molecular complexity index is 1370. The minimum Gasteiger partial charge on any atom is -0.508 e. The maximum atomic E-state index is 13.1. The van der Waals surface area contributed by atoms with Crippen molar-refractivity contribution in [3.63, 3.8) is 0 Å². The smallest absolute Gasteiger partial charge is 0.408 e. The van der Waals surface area contributed by atoms with E-state index in [2.05, 4.69) is 26.6 Å². The van der Waals surface area contributed by atoms with Crippen molar-refractivity contribution in [3.8, 4) is 5.75 Å². The zero-order valence-corrected chi connectivity index (χ0v) is 27.6. The molecule has 0 aliphatic rings. The number of alkyl carbamates (subject to hydrolysis) is 1. The van der Waals surface area contributed by atoms with Gasteiger partial charge in [0.1, 0.15) is 29.5 Å². The lowest BCUT2D eigenvalue weighted by molar-refractivity contribution is -0.142. The van der Waals surface area contributed by atoms with E-state index in [0.717, 1.165) is 5.56 Å². The molecule has 0 aliphatic carbocycles. The minimum absolute atomic E-state index is 0.0261. The maximum Gasteiger partial charge on any atom is 0.408 e. The van der Waals surface area contributed by atoms with Crippen LogP contribution in [-0.2, 0) is 41.6 Å². The highest BCUT2D eigenvalue weighted by Crippen LogP contribution is 2.13. The number of thioether (sulfide) groups is 1. The minimum atomic E-state index is -1.20. The zero-order valence-electron chi connectivity index (χ0n) is 26.8. The first-order valence-corrected chi connectivity index (χ1v) is 16.2. The van der Waals surface area contributed by atoms with Gasteiger partial charge >= 0.3 is 12.1 Å². The van der Waals surface area contributed by atoms with Gasteiger partial charge in [0, 0.05) is 12.8 Å². The van der Waals surface area contributed by atoms with Crippen LogP contribution in [0.1, 0.15) is 38.3 Å². The van der Waals surface area contributed by atoms with E-state index in [9.17, 15) is 39.0 Å². The van der Waals surface area contributed by atoms with Crippen LogP contribution in [0.5, 0.6) is 5.75 Å². The Labute approximate surface area is 277 Å². The molecule has 0 aromatic heterocycles. The highest BCUT2D eigenvalue weighted by atomic mass is 32.2. The molecule has 5 amide bonds. The molecular formula is C32H43N5O9S. The molecule has 0 unspecified atom stereocenters. The van der Waals surface area contributed by atoms with Gasteiger partial charge in [-0.25, -0.2) is 9.59 Å². The summed E-state index contributed by atoms with van der Waals surface area (Å²) in [6.07, 6.45) is 1.27. The highest BCUT2D eigenvalue weighted by Gasteiger charge is 2.28. The molecule has 0 saturated heterocycles. The number of amides is 5. The molecule has 0 aliphatic heterocycles. The fourth-order valence-corrected chi connectivity index (χ4v) is 4.60. The second-order valence-corrected chi connectivity index (χ2v) is 12.5. The van der Waals surface area contributed by atoms with Crippen LogP contribution >= 0.6 is 11.8 Å². The number of carboxylic acid groups (broad SMARTS) is 1. The summed E-state index contributed by atoms with van der Waals surface area (Å²) in [5.41, 5.74) is 0.516. The van der Waals surface area contributed by atoms with Crippen molar-refractivity contribution in [1.29, 1.82) is 0 Å². The standard InChI is InChI=1S/C32H43N5O9S/c1-32(2,3)46-31(45)37-24(17-21-10-12-22(38)13-11-21)28(41)34-18-26(39)33-19-27(40)35-25(16-20-8-6-5-7-9-20)29(42)36-23(30(43)44)14-15-47-4/h5-13,23-25,38H,14-19H2,1-4H3,(H,33,39)(H,34,41)(H,35,40)(H,36,42)(H,37,45)(H,43,44)/t23-,24-,25-/m1/s1. The Morgan fingerprint density at radius 3 is 1.89 bits per heavy atom. The van der Waals surface area contributed by atoms with Crippen molar-refractivity contribution in [2.45, 2.75) is 63.8 Å². The number of benzene rings is 2. The third-order valence-electron chi connectivity index (χ3n) is 6.41. The Morgan fingerprint density at radius 1 is 0.745 bits per heavy atom. The highest BCUT2D eigenvalue weighted by molar-refractivity contribution is 7.98. The summed E-state index contributed by atoms with van der Waals surface area (Å²) < 4.78 is 5.25. The molecule has 2 rings (SSSR count). The third kappa shape index (κ3) is 15.4. The van der Waals surface area contributed by atoms with Gasteiger partial charge in [-0.1, -0.05) is 42.5 Å². The van der Waals surface area contributed by atoms with E-state index >= 15 is 0 Å². The molecule has 14 nitrogen and oxygen atoms in total. The monoisotopic (exact) mass is 673 g/mol. The summed E-state index contributed by atoms with van der Waals surface area (Å²) in [5.74, 6) is -3.49. The van der Waals surface area contributed by atoms with Crippen LogP contribution in [0.25, 0.3) is 0 Å². The third-order valence-corrected chi connectivity index (χ3v) is 7.06. The number of nitrogens with one attached hydrogen (secondary N) is 5. The molecule has 256 valence electrons. The fraction of sp³-hybridized carbons (Fsp3) is 0.438. The molecule has 2 aromatic rings. The fourth-order valence-electron chi connectivity index (χ4n) is 4.13. The average molecular weight is 674 g/mol. The van der Waals surface area contributed by atoms with E-state index in [0.29, 0.717) is 11.3 Å². The largest absolute Gasteiger partial charge is 0.508 e. The number of aromatic hydroxyl groups is 1. The van der Waals surface area contributed by atoms with Gasteiger partial charge in [-0.15, -0.1) is 0 Å². The molecule has 3 atom stereocenters. The van der Waals surface area contributed by atoms with Crippen molar-refractivity contribution in [2.24, 2.45) is 0 Å². The van der Waals surface area contributed by atoms with Crippen molar-refractivity contribution >= 4 is 47.5 Å². The Kier molecular flexibility index (Phi) is 15.5. The molecule has 2 aromatic carbocycles. The van der Waals surface area contributed by atoms with Crippen molar-refractivity contribution < 1.29 is 43.7 Å². The molecule has 7 N–H and O–H groups in total. The number of rotatable bonds is 17. The summed E-state index contributed by atoms with van der Waals surface area (Å²) in [5, 5.41) is 31.4. The molecule has 0 heterocycles. The Hall–Kier alpha value is -4.79. The van der Waals surface area contributed by atoms with Crippen LogP contribution in [0.15, 0.2) is 54.6 Å². The summed E-state index contributed by atoms with van der Waals surface area (Å²) in [6.45, 7) is 3.93. The number of carboxylic acids is 1. The maximum absolute atomic E-state index is 13.1. The summed E-state index contributed by atoms with van der Waals surface area (Å²) in [4.78, 5) is 75.4. The molecule has 0 fully saturated rings. The first-order valence-electron chi connectivity index (χ1n) is 14.8. The lowest BCUT2D eigenvalue weighted by atomic mass is 10.0. The molecule has 0 saturated carbocycles. The van der Waals surface area contributed by atoms with E-state index < -0.39 is 72.5 Å². The van der Waals surface area contributed by atoms with Gasteiger partial charge in [-0.05, 0) is 62.5 Å². The second-order valence-electron chi connectivity index (χ2n) is 11.6. The van der Waals surface area contributed by atoms with Gasteiger partial charge in [0.25, 0.3) is 0 Å². The number of hydrogen-bond acceptors (Lipinski definition) is 9. The van der Waals surface area contributed by atoms with Gasteiger partial charge in [0.2, 0.25) is 23.6 Å². The summed E-state index contributed by atoms with van der Waals surface area (Å²) in [7, 11) is 0. The van der Waals surface area contributed by atoms with Crippen LogP contribution in [-0.4, -0.2) is 94.7 Å². The Balaban J connectivity index is 1.99. The molecular weight excluding hydrogens is 630 g/mol. The summed E-state index contributed by atoms with van der Waals surface area (Å²) in [6, 6.07) is 11.4. The zero-order chi connectivity index (χ0) is 35.0. The van der Waals surface area contributed by atoms with Gasteiger partial charge in [0.05, 0.1) is 13.1 Å². The normalized spacial score (nSPS) is 12.9. The molecule has 47 heavy (non-hydrogen) atoms. The van der Waals surface area contributed by atoms with Gasteiger partial charge in [0.15, 0.2) is 0 Å². The lowest BCUT2D eigenvalue weighted by Crippen LogP contribution is -2.54. The van der Waals surface area contributed by atoms with E-state index in [-0.39, 0.29) is 25.0 Å². The van der Waals surface area contributed by atoms with Gasteiger partial charge < -0.3 is 41.5 Å². The number of ether oxygens (including phenoxy) is 1. The van der Waals surface area contributed by atoms with Crippen molar-refractivity contribution in [1.82, 2.24) is 26.6 Å². The van der Waals surface area contributed by atoms with E-state index in [4.69, 9.17) is 4.74 Å². The molecule has 0 spiro atoms. The molecule has 0 bridgehead atoms. The molecule has 15 heteroatoms. The average Bonchev–Trinajstić information content (AvgIpc) is 3.00. The number of aliphatic carboxylic acids is 1. The van der Waals surface area contributed by atoms with Gasteiger partial charge in [-0.2, -0.15) is 11.8 Å². The van der Waals surface area contributed by atoms with E-state index in [1.807, 2.05) is 6.26 Å². The van der Waals surface area contributed by atoms with E-state index in [1.54, 1.807) is 63.2 Å². The quantitative estimate of drug-likeness (QED) is 0.127. The number of phenolic OH excluding ortho intramolecular Hbond substituents is 1. The number of hydrogen-bond donors (Lipinski definition) is 7. The number of carbonyl (C=O) groups excluding carboxylic acids is 5. The van der Waals surface area contributed by atoms with Crippen LogP contribution in [0.3, 0.4) is 0 Å². The second kappa shape index (κ2) is 19.0. The van der Waals surface area contributed by atoms with Crippen molar-refractivity contribution in [3.05, 3.63) is 65.7 Å². The Morgan fingerprint density at radius 2 is 1.32 bits per heavy atom.